The molecular formula is C13H19N5S. The fourth-order valence-electron chi connectivity index (χ4n) is 1.76. The molecule has 102 valence electrons. The number of hydrogen-bond donors (Lipinski definition) is 2. The van der Waals surface area contributed by atoms with Crippen molar-refractivity contribution in [2.75, 3.05) is 11.9 Å². The Kier molecular flexibility index (Phi) is 4.79. The smallest absolute Gasteiger partial charge is 0.171 e. The van der Waals surface area contributed by atoms with Gasteiger partial charge in [-0.3, -0.25) is 0 Å². The third-order valence-electron chi connectivity index (χ3n) is 2.63. The van der Waals surface area contributed by atoms with Crippen molar-refractivity contribution in [2.24, 2.45) is 0 Å². The standard InChI is InChI=1S/C13H19N5S/c1-4-5-14-11-10(9(2)3)12(18-8-17-11)19-13-15-6-7-16-13/h6-9H,4-5H2,1-3H3,(H,15,16)(H,14,17,18). The average Bonchev–Trinajstić information content (AvgIpc) is 2.89. The first-order chi connectivity index (χ1) is 9.22. The molecule has 0 radical (unpaired) electrons. The van der Waals surface area contributed by atoms with Crippen LogP contribution in [0.5, 0.6) is 0 Å². The van der Waals surface area contributed by atoms with Crippen molar-refractivity contribution in [2.45, 2.75) is 43.3 Å². The van der Waals surface area contributed by atoms with Gasteiger partial charge in [0.1, 0.15) is 17.2 Å². The van der Waals surface area contributed by atoms with Gasteiger partial charge >= 0.3 is 0 Å². The van der Waals surface area contributed by atoms with Crippen molar-refractivity contribution in [3.63, 3.8) is 0 Å². The van der Waals surface area contributed by atoms with Gasteiger partial charge in [0.2, 0.25) is 0 Å². The number of hydrogen-bond acceptors (Lipinski definition) is 5. The van der Waals surface area contributed by atoms with Crippen LogP contribution >= 0.6 is 11.8 Å². The van der Waals surface area contributed by atoms with Crippen LogP contribution in [0.25, 0.3) is 0 Å². The Morgan fingerprint density at radius 1 is 1.32 bits per heavy atom. The molecule has 2 aromatic rings. The fraction of sp³-hybridized carbons (Fsp3) is 0.462. The minimum absolute atomic E-state index is 0.359. The van der Waals surface area contributed by atoms with Gasteiger partial charge in [-0.05, 0) is 24.1 Å². The van der Waals surface area contributed by atoms with E-state index in [9.17, 15) is 0 Å². The summed E-state index contributed by atoms with van der Waals surface area (Å²) in [5, 5.41) is 5.18. The Balaban J connectivity index is 2.31. The van der Waals surface area contributed by atoms with Crippen LogP contribution in [0.4, 0.5) is 5.82 Å². The lowest BCUT2D eigenvalue weighted by atomic mass is 10.1. The lowest BCUT2D eigenvalue weighted by Gasteiger charge is -2.15. The second-order valence-electron chi connectivity index (χ2n) is 4.52. The molecule has 2 N–H and O–H groups in total. The Morgan fingerprint density at radius 2 is 2.16 bits per heavy atom. The monoisotopic (exact) mass is 277 g/mol. The normalized spacial score (nSPS) is 10.9. The van der Waals surface area contributed by atoms with Crippen LogP contribution in [0.2, 0.25) is 0 Å². The lowest BCUT2D eigenvalue weighted by Crippen LogP contribution is -2.08. The number of rotatable bonds is 6. The molecule has 2 heterocycles. The van der Waals surface area contributed by atoms with E-state index in [1.54, 1.807) is 12.5 Å². The van der Waals surface area contributed by atoms with E-state index in [0.29, 0.717) is 5.92 Å². The second-order valence-corrected chi connectivity index (χ2v) is 5.50. The number of H-pyrrole nitrogens is 1. The highest BCUT2D eigenvalue weighted by Gasteiger charge is 2.16. The maximum absolute atomic E-state index is 4.40. The maximum Gasteiger partial charge on any atom is 0.171 e. The predicted molar refractivity (Wildman–Crippen MR) is 77.6 cm³/mol. The predicted octanol–water partition coefficient (Wildman–Crippen LogP) is 3.30. The summed E-state index contributed by atoms with van der Waals surface area (Å²) in [6.45, 7) is 7.37. The van der Waals surface area contributed by atoms with E-state index in [2.05, 4.69) is 46.0 Å². The minimum Gasteiger partial charge on any atom is -0.370 e. The number of imidazole rings is 1. The molecule has 0 unspecified atom stereocenters. The summed E-state index contributed by atoms with van der Waals surface area (Å²) >= 11 is 1.54. The van der Waals surface area contributed by atoms with Crippen LogP contribution in [-0.4, -0.2) is 26.5 Å². The maximum atomic E-state index is 4.40. The van der Waals surface area contributed by atoms with Crippen molar-refractivity contribution in [1.29, 1.82) is 0 Å². The fourth-order valence-corrected chi connectivity index (χ4v) is 2.73. The first-order valence-electron chi connectivity index (χ1n) is 6.48. The van der Waals surface area contributed by atoms with Gasteiger partial charge in [-0.15, -0.1) is 0 Å². The number of aromatic nitrogens is 4. The molecule has 5 nitrogen and oxygen atoms in total. The zero-order valence-corrected chi connectivity index (χ0v) is 12.3. The first kappa shape index (κ1) is 13.9. The molecule has 2 aromatic heterocycles. The molecule has 0 fully saturated rings. The van der Waals surface area contributed by atoms with Crippen LogP contribution in [0.15, 0.2) is 28.9 Å². The number of nitrogens with one attached hydrogen (secondary N) is 2. The lowest BCUT2D eigenvalue weighted by molar-refractivity contribution is 0.798. The Labute approximate surface area is 117 Å². The molecule has 0 amide bonds. The van der Waals surface area contributed by atoms with Crippen molar-refractivity contribution in [3.05, 3.63) is 24.3 Å². The van der Waals surface area contributed by atoms with Crippen LogP contribution in [-0.2, 0) is 0 Å². The van der Waals surface area contributed by atoms with E-state index < -0.39 is 0 Å². The van der Waals surface area contributed by atoms with Gasteiger partial charge in [0.25, 0.3) is 0 Å². The molecule has 0 aliphatic heterocycles. The Morgan fingerprint density at radius 3 is 2.79 bits per heavy atom. The van der Waals surface area contributed by atoms with E-state index in [0.717, 1.165) is 34.5 Å². The highest BCUT2D eigenvalue weighted by atomic mass is 32.2. The largest absolute Gasteiger partial charge is 0.370 e. The molecule has 2 rings (SSSR count). The zero-order valence-electron chi connectivity index (χ0n) is 11.5. The molecule has 0 aromatic carbocycles. The quantitative estimate of drug-likeness (QED) is 0.793. The van der Waals surface area contributed by atoms with Gasteiger partial charge in [-0.2, -0.15) is 0 Å². The number of anilines is 1. The molecule has 19 heavy (non-hydrogen) atoms. The van der Waals surface area contributed by atoms with Crippen molar-refractivity contribution >= 4 is 17.6 Å². The molecule has 6 heteroatoms. The van der Waals surface area contributed by atoms with Crippen LogP contribution in [0, 0.1) is 0 Å². The topological polar surface area (TPSA) is 66.5 Å². The second kappa shape index (κ2) is 6.56. The first-order valence-corrected chi connectivity index (χ1v) is 7.30. The number of aromatic amines is 1. The van der Waals surface area contributed by atoms with E-state index >= 15 is 0 Å². The molecule has 0 atom stereocenters. The van der Waals surface area contributed by atoms with E-state index in [1.807, 2.05) is 6.20 Å². The summed E-state index contributed by atoms with van der Waals surface area (Å²) in [6.07, 6.45) is 6.24. The van der Waals surface area contributed by atoms with E-state index in [4.69, 9.17) is 0 Å². The van der Waals surface area contributed by atoms with Crippen LogP contribution < -0.4 is 5.32 Å². The summed E-state index contributed by atoms with van der Waals surface area (Å²) in [7, 11) is 0. The molecule has 0 bridgehead atoms. The summed E-state index contributed by atoms with van der Waals surface area (Å²) in [5.74, 6) is 1.29. The van der Waals surface area contributed by atoms with Crippen molar-refractivity contribution < 1.29 is 0 Å². The Hall–Kier alpha value is -1.56. The average molecular weight is 277 g/mol. The zero-order chi connectivity index (χ0) is 13.7. The van der Waals surface area contributed by atoms with Gasteiger partial charge in [-0.1, -0.05) is 20.8 Å². The highest BCUT2D eigenvalue weighted by molar-refractivity contribution is 7.99. The van der Waals surface area contributed by atoms with E-state index in [-0.39, 0.29) is 0 Å². The van der Waals surface area contributed by atoms with E-state index in [1.165, 1.54) is 11.8 Å². The summed E-state index contributed by atoms with van der Waals surface area (Å²) in [5.41, 5.74) is 1.15. The summed E-state index contributed by atoms with van der Waals surface area (Å²) in [4.78, 5) is 16.1. The SMILES string of the molecule is CCCNc1ncnc(Sc2ncc[nH]2)c1C(C)C. The molecule has 0 spiro atoms. The van der Waals surface area contributed by atoms with Crippen molar-refractivity contribution in [3.8, 4) is 0 Å². The molecule has 0 aliphatic rings. The minimum atomic E-state index is 0.359. The van der Waals surface area contributed by atoms with Gasteiger partial charge in [0, 0.05) is 24.5 Å². The Bertz CT molecular complexity index is 510. The molecule has 0 saturated heterocycles. The highest BCUT2D eigenvalue weighted by Crippen LogP contribution is 2.33. The third kappa shape index (κ3) is 3.47. The van der Waals surface area contributed by atoms with Gasteiger partial charge in [-0.25, -0.2) is 15.0 Å². The molecule has 0 aliphatic carbocycles. The molecule has 0 saturated carbocycles. The van der Waals surface area contributed by atoms with Gasteiger partial charge in [0.05, 0.1) is 0 Å². The molecular weight excluding hydrogens is 258 g/mol. The third-order valence-corrected chi connectivity index (χ3v) is 3.57. The summed E-state index contributed by atoms with van der Waals surface area (Å²) < 4.78 is 0. The summed E-state index contributed by atoms with van der Waals surface area (Å²) in [6, 6.07) is 0. The van der Waals surface area contributed by atoms with Crippen molar-refractivity contribution in [1.82, 2.24) is 19.9 Å². The van der Waals surface area contributed by atoms with Gasteiger partial charge < -0.3 is 10.3 Å². The van der Waals surface area contributed by atoms with Crippen LogP contribution in [0.1, 0.15) is 38.7 Å². The number of nitrogens with zero attached hydrogens (tertiary/aromatic N) is 3. The van der Waals surface area contributed by atoms with Crippen LogP contribution in [0.3, 0.4) is 0 Å². The van der Waals surface area contributed by atoms with Gasteiger partial charge in [0.15, 0.2) is 5.16 Å².